The molecule has 2 aliphatic rings. The molecule has 4 heteroatoms. The summed E-state index contributed by atoms with van der Waals surface area (Å²) in [5.74, 6) is 0.797. The van der Waals surface area contributed by atoms with Crippen LogP contribution in [0.1, 0.15) is 13.3 Å². The van der Waals surface area contributed by atoms with Crippen LogP contribution in [0.4, 0.5) is 0 Å². The number of hydrogen-bond acceptors (Lipinski definition) is 3. The molecule has 3 atom stereocenters. The van der Waals surface area contributed by atoms with Gasteiger partial charge in [-0.1, -0.05) is 6.92 Å². The predicted molar refractivity (Wildman–Crippen MR) is 52.9 cm³/mol. The number of carbonyl (C=O) groups excluding carboxylic acids is 1. The van der Waals surface area contributed by atoms with Gasteiger partial charge in [-0.05, 0) is 18.9 Å². The van der Waals surface area contributed by atoms with Crippen molar-refractivity contribution >= 4 is 5.91 Å². The highest BCUT2D eigenvalue weighted by molar-refractivity contribution is 5.79. The van der Waals surface area contributed by atoms with Crippen LogP contribution in [0.5, 0.6) is 0 Å². The summed E-state index contributed by atoms with van der Waals surface area (Å²) < 4.78 is 5.22. The van der Waals surface area contributed by atoms with Gasteiger partial charge in [0, 0.05) is 13.2 Å². The number of amides is 1. The summed E-state index contributed by atoms with van der Waals surface area (Å²) in [6.45, 7) is 5.36. The molecule has 0 aromatic rings. The van der Waals surface area contributed by atoms with Crippen LogP contribution in [0.15, 0.2) is 0 Å². The van der Waals surface area contributed by atoms with Crippen LogP contribution in [-0.2, 0) is 9.53 Å². The molecule has 0 aliphatic carbocycles. The second kappa shape index (κ2) is 4.28. The van der Waals surface area contributed by atoms with Crippen molar-refractivity contribution in [3.63, 3.8) is 0 Å². The molecule has 80 valence electrons. The molecule has 2 rings (SSSR count). The third-order valence-electron chi connectivity index (χ3n) is 3.13. The minimum atomic E-state index is 0.149. The van der Waals surface area contributed by atoms with Crippen LogP contribution in [0.25, 0.3) is 0 Å². The summed E-state index contributed by atoms with van der Waals surface area (Å²) in [6, 6.07) is 0.246. The molecule has 0 radical (unpaired) electrons. The largest absolute Gasteiger partial charge is 0.379 e. The summed E-state index contributed by atoms with van der Waals surface area (Å²) in [4.78, 5) is 11.8. The van der Waals surface area contributed by atoms with Gasteiger partial charge in [0.2, 0.25) is 5.91 Å². The van der Waals surface area contributed by atoms with Crippen molar-refractivity contribution in [2.24, 2.45) is 11.8 Å². The molecule has 0 saturated carbocycles. The monoisotopic (exact) mass is 198 g/mol. The first-order valence-electron chi connectivity index (χ1n) is 5.36. The van der Waals surface area contributed by atoms with E-state index in [4.69, 9.17) is 4.74 Å². The number of carbonyl (C=O) groups is 1. The second-order valence-electron chi connectivity index (χ2n) is 4.31. The lowest BCUT2D eigenvalue weighted by molar-refractivity contribution is -0.126. The van der Waals surface area contributed by atoms with Crippen LogP contribution < -0.4 is 10.6 Å². The Morgan fingerprint density at radius 2 is 2.36 bits per heavy atom. The van der Waals surface area contributed by atoms with Crippen molar-refractivity contribution in [1.29, 1.82) is 0 Å². The zero-order valence-corrected chi connectivity index (χ0v) is 8.58. The molecule has 2 saturated heterocycles. The molecule has 0 bridgehead atoms. The van der Waals surface area contributed by atoms with Crippen molar-refractivity contribution in [3.05, 3.63) is 0 Å². The topological polar surface area (TPSA) is 50.4 Å². The molecule has 2 heterocycles. The van der Waals surface area contributed by atoms with Gasteiger partial charge in [-0.3, -0.25) is 4.79 Å². The quantitative estimate of drug-likeness (QED) is 0.643. The fourth-order valence-electron chi connectivity index (χ4n) is 2.12. The molecule has 0 aromatic heterocycles. The molecule has 2 N–H and O–H groups in total. The summed E-state index contributed by atoms with van der Waals surface area (Å²) in [6.07, 6.45) is 0.959. The normalized spacial score (nSPS) is 37.4. The van der Waals surface area contributed by atoms with Gasteiger partial charge in [-0.2, -0.15) is 0 Å². The van der Waals surface area contributed by atoms with E-state index >= 15 is 0 Å². The summed E-state index contributed by atoms with van der Waals surface area (Å²) in [5, 5.41) is 6.28. The molecular formula is C10H18N2O2. The van der Waals surface area contributed by atoms with Gasteiger partial charge in [0.15, 0.2) is 0 Å². The van der Waals surface area contributed by atoms with Gasteiger partial charge >= 0.3 is 0 Å². The molecule has 2 aliphatic heterocycles. The maximum atomic E-state index is 11.8. The number of nitrogens with one attached hydrogen (secondary N) is 2. The van der Waals surface area contributed by atoms with E-state index < -0.39 is 0 Å². The standard InChI is InChI=1S/C10H18N2O2/c1-7-4-11-5-9(7)10(13)12-8-2-3-14-6-8/h7-9,11H,2-6H2,1H3,(H,12,13). The van der Waals surface area contributed by atoms with Crippen molar-refractivity contribution < 1.29 is 9.53 Å². The first-order chi connectivity index (χ1) is 6.77. The Hall–Kier alpha value is -0.610. The lowest BCUT2D eigenvalue weighted by atomic mass is 9.97. The Morgan fingerprint density at radius 1 is 1.50 bits per heavy atom. The Balaban J connectivity index is 1.82. The molecule has 14 heavy (non-hydrogen) atoms. The van der Waals surface area contributed by atoms with Gasteiger partial charge in [0.25, 0.3) is 0 Å². The molecular weight excluding hydrogens is 180 g/mol. The van der Waals surface area contributed by atoms with E-state index in [0.29, 0.717) is 12.5 Å². The second-order valence-corrected chi connectivity index (χ2v) is 4.31. The minimum absolute atomic E-state index is 0.149. The van der Waals surface area contributed by atoms with E-state index in [-0.39, 0.29) is 17.9 Å². The Labute approximate surface area is 84.4 Å². The van der Waals surface area contributed by atoms with Crippen molar-refractivity contribution in [2.75, 3.05) is 26.3 Å². The van der Waals surface area contributed by atoms with Crippen molar-refractivity contribution in [1.82, 2.24) is 10.6 Å². The fourth-order valence-corrected chi connectivity index (χ4v) is 2.12. The maximum Gasteiger partial charge on any atom is 0.225 e. The maximum absolute atomic E-state index is 11.8. The minimum Gasteiger partial charge on any atom is -0.379 e. The zero-order chi connectivity index (χ0) is 9.97. The van der Waals surface area contributed by atoms with Gasteiger partial charge in [0.05, 0.1) is 18.6 Å². The highest BCUT2D eigenvalue weighted by atomic mass is 16.5. The summed E-state index contributed by atoms with van der Waals surface area (Å²) in [7, 11) is 0. The van der Waals surface area contributed by atoms with Gasteiger partial charge in [-0.15, -0.1) is 0 Å². The van der Waals surface area contributed by atoms with Crippen molar-refractivity contribution in [2.45, 2.75) is 19.4 Å². The molecule has 2 fully saturated rings. The lowest BCUT2D eigenvalue weighted by Crippen LogP contribution is -2.41. The van der Waals surface area contributed by atoms with E-state index in [1.165, 1.54) is 0 Å². The first-order valence-corrected chi connectivity index (χ1v) is 5.36. The van der Waals surface area contributed by atoms with Gasteiger partial charge in [-0.25, -0.2) is 0 Å². The van der Waals surface area contributed by atoms with Crippen LogP contribution in [0.2, 0.25) is 0 Å². The van der Waals surface area contributed by atoms with E-state index in [0.717, 1.165) is 26.1 Å². The Kier molecular flexibility index (Phi) is 3.03. The predicted octanol–water partition coefficient (Wildman–Crippen LogP) is -0.253. The van der Waals surface area contributed by atoms with Crippen LogP contribution in [0, 0.1) is 11.8 Å². The molecule has 0 spiro atoms. The average molecular weight is 198 g/mol. The van der Waals surface area contributed by atoms with Crippen LogP contribution in [-0.4, -0.2) is 38.3 Å². The lowest BCUT2D eigenvalue weighted by Gasteiger charge is -2.17. The Bertz CT molecular complexity index is 214. The van der Waals surface area contributed by atoms with E-state index in [2.05, 4.69) is 17.6 Å². The van der Waals surface area contributed by atoms with Gasteiger partial charge in [0.1, 0.15) is 0 Å². The van der Waals surface area contributed by atoms with Crippen molar-refractivity contribution in [3.8, 4) is 0 Å². The number of rotatable bonds is 2. The van der Waals surface area contributed by atoms with E-state index in [1.807, 2.05) is 0 Å². The third-order valence-corrected chi connectivity index (χ3v) is 3.13. The van der Waals surface area contributed by atoms with Crippen LogP contribution in [0.3, 0.4) is 0 Å². The highest BCUT2D eigenvalue weighted by Crippen LogP contribution is 2.16. The zero-order valence-electron chi connectivity index (χ0n) is 8.58. The van der Waals surface area contributed by atoms with Gasteiger partial charge < -0.3 is 15.4 Å². The SMILES string of the molecule is CC1CNCC1C(=O)NC1CCOC1. The van der Waals surface area contributed by atoms with Crippen LogP contribution >= 0.6 is 0 Å². The third kappa shape index (κ3) is 2.07. The van der Waals surface area contributed by atoms with E-state index in [9.17, 15) is 4.79 Å². The summed E-state index contributed by atoms with van der Waals surface area (Å²) >= 11 is 0. The average Bonchev–Trinajstić information content (AvgIpc) is 2.75. The first kappa shape index (κ1) is 9.93. The summed E-state index contributed by atoms with van der Waals surface area (Å²) in [5.41, 5.74) is 0. The molecule has 4 nitrogen and oxygen atoms in total. The fraction of sp³-hybridized carbons (Fsp3) is 0.900. The molecule has 0 aromatic carbocycles. The number of ether oxygens (including phenoxy) is 1. The number of hydrogen-bond donors (Lipinski definition) is 2. The molecule has 3 unspecified atom stereocenters. The highest BCUT2D eigenvalue weighted by Gasteiger charge is 2.31. The van der Waals surface area contributed by atoms with E-state index in [1.54, 1.807) is 0 Å². The molecule has 1 amide bonds. The Morgan fingerprint density at radius 3 is 2.93 bits per heavy atom. The smallest absolute Gasteiger partial charge is 0.225 e.